The molecule has 0 aliphatic carbocycles. The number of rotatable bonds is 3. The SMILES string of the molecule is CC1(C)OB(C(=Cc2ccc(Br)cc2Cl)CS)OC1(C)C. The van der Waals surface area contributed by atoms with Crippen LogP contribution in [0.25, 0.3) is 6.08 Å². The van der Waals surface area contributed by atoms with E-state index in [1.54, 1.807) is 0 Å². The molecule has 6 heteroatoms. The average Bonchev–Trinajstić information content (AvgIpc) is 2.57. The Morgan fingerprint density at radius 1 is 1.29 bits per heavy atom. The molecule has 1 aromatic rings. The lowest BCUT2D eigenvalue weighted by molar-refractivity contribution is 0.00578. The molecule has 21 heavy (non-hydrogen) atoms. The number of hydrogen-bond donors (Lipinski definition) is 1. The van der Waals surface area contributed by atoms with Crippen molar-refractivity contribution in [2.45, 2.75) is 38.9 Å². The van der Waals surface area contributed by atoms with Gasteiger partial charge in [-0.2, -0.15) is 12.6 Å². The van der Waals surface area contributed by atoms with Crippen molar-refractivity contribution in [1.29, 1.82) is 0 Å². The van der Waals surface area contributed by atoms with Crippen molar-refractivity contribution in [3.05, 3.63) is 38.7 Å². The normalized spacial score (nSPS) is 20.9. The van der Waals surface area contributed by atoms with Crippen LogP contribution in [-0.2, 0) is 9.31 Å². The van der Waals surface area contributed by atoms with Crippen LogP contribution in [0, 0.1) is 0 Å². The maximum Gasteiger partial charge on any atom is 0.491 e. The second-order valence-corrected chi connectivity index (χ2v) is 7.77. The van der Waals surface area contributed by atoms with Crippen LogP contribution in [0.1, 0.15) is 33.3 Å². The number of benzene rings is 1. The highest BCUT2D eigenvalue weighted by Gasteiger charge is 2.52. The first-order valence-corrected chi connectivity index (χ1v) is 8.58. The predicted molar refractivity (Wildman–Crippen MR) is 97.1 cm³/mol. The van der Waals surface area contributed by atoms with Crippen molar-refractivity contribution in [3.8, 4) is 0 Å². The minimum absolute atomic E-state index is 0.358. The molecule has 0 aromatic heterocycles. The van der Waals surface area contributed by atoms with Crippen molar-refractivity contribution in [3.63, 3.8) is 0 Å². The molecule has 0 unspecified atom stereocenters. The Kier molecular flexibility index (Phi) is 5.21. The highest BCUT2D eigenvalue weighted by molar-refractivity contribution is 9.10. The molecular formula is C15H19BBrClO2S. The lowest BCUT2D eigenvalue weighted by atomic mass is 9.78. The average molecular weight is 390 g/mol. The van der Waals surface area contributed by atoms with Crippen molar-refractivity contribution in [2.24, 2.45) is 0 Å². The van der Waals surface area contributed by atoms with Crippen LogP contribution < -0.4 is 0 Å². The minimum atomic E-state index is -0.396. The summed E-state index contributed by atoms with van der Waals surface area (Å²) < 4.78 is 13.1. The van der Waals surface area contributed by atoms with Crippen LogP contribution in [-0.4, -0.2) is 24.1 Å². The molecule has 1 heterocycles. The van der Waals surface area contributed by atoms with Crippen LogP contribution in [0.2, 0.25) is 5.02 Å². The zero-order valence-corrected chi connectivity index (χ0v) is 15.8. The van der Waals surface area contributed by atoms with Crippen molar-refractivity contribution < 1.29 is 9.31 Å². The minimum Gasteiger partial charge on any atom is -0.400 e. The summed E-state index contributed by atoms with van der Waals surface area (Å²) in [4.78, 5) is 0. The van der Waals surface area contributed by atoms with Gasteiger partial charge in [-0.1, -0.05) is 39.7 Å². The van der Waals surface area contributed by atoms with Crippen molar-refractivity contribution in [2.75, 3.05) is 5.75 Å². The van der Waals surface area contributed by atoms with E-state index in [-0.39, 0.29) is 11.2 Å². The third-order valence-electron chi connectivity index (χ3n) is 4.04. The van der Waals surface area contributed by atoms with E-state index in [0.717, 1.165) is 15.5 Å². The van der Waals surface area contributed by atoms with Gasteiger partial charge in [0.2, 0.25) is 0 Å². The first-order valence-electron chi connectivity index (χ1n) is 6.78. The summed E-state index contributed by atoms with van der Waals surface area (Å²) >= 11 is 14.1. The van der Waals surface area contributed by atoms with E-state index in [4.69, 9.17) is 20.9 Å². The van der Waals surface area contributed by atoms with Gasteiger partial charge in [0.05, 0.1) is 11.2 Å². The largest absolute Gasteiger partial charge is 0.491 e. The zero-order chi connectivity index (χ0) is 15.8. The number of thiol groups is 1. The van der Waals surface area contributed by atoms with Gasteiger partial charge in [-0.25, -0.2) is 0 Å². The molecule has 0 bridgehead atoms. The van der Waals surface area contributed by atoms with Gasteiger partial charge < -0.3 is 9.31 Å². The van der Waals surface area contributed by atoms with E-state index >= 15 is 0 Å². The Morgan fingerprint density at radius 3 is 2.33 bits per heavy atom. The highest BCUT2D eigenvalue weighted by Crippen LogP contribution is 2.39. The highest BCUT2D eigenvalue weighted by atomic mass is 79.9. The lowest BCUT2D eigenvalue weighted by Crippen LogP contribution is -2.41. The molecule has 1 fully saturated rings. The molecule has 2 rings (SSSR count). The van der Waals surface area contributed by atoms with Gasteiger partial charge >= 0.3 is 7.12 Å². The van der Waals surface area contributed by atoms with E-state index in [2.05, 4.69) is 28.6 Å². The molecule has 0 amide bonds. The molecule has 1 saturated heterocycles. The third kappa shape index (κ3) is 3.70. The molecule has 0 spiro atoms. The fourth-order valence-corrected chi connectivity index (χ4v) is 2.97. The first-order chi connectivity index (χ1) is 9.66. The van der Waals surface area contributed by atoms with Gasteiger partial charge in [0.1, 0.15) is 0 Å². The fourth-order valence-electron chi connectivity index (χ4n) is 2.00. The zero-order valence-electron chi connectivity index (χ0n) is 12.6. The van der Waals surface area contributed by atoms with Crippen molar-refractivity contribution in [1.82, 2.24) is 0 Å². The molecule has 0 saturated carbocycles. The maximum absolute atomic E-state index is 6.27. The molecule has 0 N–H and O–H groups in total. The van der Waals surface area contributed by atoms with Crippen LogP contribution >= 0.6 is 40.2 Å². The van der Waals surface area contributed by atoms with Crippen LogP contribution in [0.5, 0.6) is 0 Å². The van der Waals surface area contributed by atoms with Gasteiger partial charge in [-0.05, 0) is 50.9 Å². The van der Waals surface area contributed by atoms with Crippen LogP contribution in [0.3, 0.4) is 0 Å². The second kappa shape index (κ2) is 6.28. The summed E-state index contributed by atoms with van der Waals surface area (Å²) in [6.45, 7) is 8.15. The van der Waals surface area contributed by atoms with Crippen LogP contribution in [0.15, 0.2) is 28.1 Å². The number of halogens is 2. The molecule has 114 valence electrons. The van der Waals surface area contributed by atoms with E-state index < -0.39 is 7.12 Å². The lowest BCUT2D eigenvalue weighted by Gasteiger charge is -2.32. The summed E-state index contributed by atoms with van der Waals surface area (Å²) in [5.74, 6) is 0.545. The molecule has 0 radical (unpaired) electrons. The Balaban J connectivity index is 2.31. The Bertz CT molecular complexity index is 559. The predicted octanol–water partition coefficient (Wildman–Crippen LogP) is 5.05. The monoisotopic (exact) mass is 388 g/mol. The molecule has 2 nitrogen and oxygen atoms in total. The van der Waals surface area contributed by atoms with E-state index in [1.165, 1.54) is 0 Å². The number of hydrogen-bond acceptors (Lipinski definition) is 3. The topological polar surface area (TPSA) is 18.5 Å². The molecule has 1 aromatic carbocycles. The summed E-state index contributed by atoms with van der Waals surface area (Å²) in [7, 11) is -0.396. The summed E-state index contributed by atoms with van der Waals surface area (Å²) in [5, 5.41) is 0.681. The first kappa shape index (κ1) is 17.4. The molecule has 1 aliphatic rings. The summed E-state index contributed by atoms with van der Waals surface area (Å²) in [5.41, 5.74) is 1.17. The van der Waals surface area contributed by atoms with E-state index in [0.29, 0.717) is 10.8 Å². The standard InChI is InChI=1S/C15H19BBrClO2S/c1-14(2)15(3,4)20-16(19-14)11(9-21)7-10-5-6-12(17)8-13(10)18/h5-8,21H,9H2,1-4H3. The van der Waals surface area contributed by atoms with Gasteiger partial charge in [0.15, 0.2) is 0 Å². The molecule has 1 aliphatic heterocycles. The second-order valence-electron chi connectivity index (χ2n) is 6.13. The quantitative estimate of drug-likeness (QED) is 0.576. The van der Waals surface area contributed by atoms with Crippen molar-refractivity contribution >= 4 is 53.4 Å². The molecular weight excluding hydrogens is 370 g/mol. The fraction of sp³-hybridized carbons (Fsp3) is 0.467. The smallest absolute Gasteiger partial charge is 0.400 e. The Labute approximate surface area is 145 Å². The van der Waals surface area contributed by atoms with Gasteiger partial charge in [-0.15, -0.1) is 0 Å². The van der Waals surface area contributed by atoms with Gasteiger partial charge in [-0.3, -0.25) is 0 Å². The summed E-state index contributed by atoms with van der Waals surface area (Å²) in [6, 6.07) is 5.78. The summed E-state index contributed by atoms with van der Waals surface area (Å²) in [6.07, 6.45) is 1.99. The molecule has 0 atom stereocenters. The Morgan fingerprint density at radius 2 is 1.86 bits per heavy atom. The third-order valence-corrected chi connectivity index (χ3v) is 5.23. The van der Waals surface area contributed by atoms with Gasteiger partial charge in [0, 0.05) is 15.2 Å². The van der Waals surface area contributed by atoms with Crippen LogP contribution in [0.4, 0.5) is 0 Å². The van der Waals surface area contributed by atoms with E-state index in [1.807, 2.05) is 52.0 Å². The maximum atomic E-state index is 6.27. The van der Waals surface area contributed by atoms with Gasteiger partial charge in [0.25, 0.3) is 0 Å². The van der Waals surface area contributed by atoms with E-state index in [9.17, 15) is 0 Å². The Hall–Kier alpha value is 0.0649.